The van der Waals surface area contributed by atoms with Crippen LogP contribution in [0.5, 0.6) is 0 Å². The van der Waals surface area contributed by atoms with Gasteiger partial charge in [-0.3, -0.25) is 0 Å². The molecule has 0 bridgehead atoms. The van der Waals surface area contributed by atoms with Crippen molar-refractivity contribution in [3.63, 3.8) is 0 Å². The lowest BCUT2D eigenvalue weighted by atomic mass is 10.0. The zero-order valence-corrected chi connectivity index (χ0v) is 35.5. The van der Waals surface area contributed by atoms with Gasteiger partial charge >= 0.3 is 0 Å². The van der Waals surface area contributed by atoms with Crippen molar-refractivity contribution in [3.8, 4) is 5.92 Å². The Bertz CT molecular complexity index is 1470. The Labute approximate surface area is 324 Å². The van der Waals surface area contributed by atoms with Crippen LogP contribution in [0, 0.1) is 17.7 Å². The maximum atomic E-state index is 8.04. The van der Waals surface area contributed by atoms with Crippen LogP contribution in [0.3, 0.4) is 0 Å². The Morgan fingerprint density at radius 3 is 1.20 bits per heavy atom. The average Bonchev–Trinajstić information content (AvgIpc) is 3.87. The van der Waals surface area contributed by atoms with Gasteiger partial charge in [-0.2, -0.15) is 0 Å². The summed E-state index contributed by atoms with van der Waals surface area (Å²) in [5.41, 5.74) is 2.88. The molecule has 0 spiro atoms. The van der Waals surface area contributed by atoms with E-state index in [1.165, 1.54) is 238 Å². The molecule has 0 saturated carbocycles. The molecular formula is C46H70S4. The Hall–Kier alpha value is -0.860. The van der Waals surface area contributed by atoms with Crippen molar-refractivity contribution in [3.05, 3.63) is 27.8 Å². The number of hydrogen-bond acceptors (Lipinski definition) is 4. The molecule has 2 radical (unpaired) electrons. The molecule has 0 fully saturated rings. The SMILES string of the molecule is [C]#Cc1sc2c(sc3c4s[c]c(CCCCCCCCCCCCCCCCC)c4sc23)c1CCCCCCCCCCCCCCCCC. The Kier molecular flexibility index (Phi) is 21.8. The molecule has 4 rings (SSSR count). The quantitative estimate of drug-likeness (QED) is 0.0344. The summed E-state index contributed by atoms with van der Waals surface area (Å²) in [5, 5.41) is 3.71. The van der Waals surface area contributed by atoms with Crippen molar-refractivity contribution >= 4 is 73.5 Å². The number of rotatable bonds is 32. The van der Waals surface area contributed by atoms with E-state index < -0.39 is 0 Å². The summed E-state index contributed by atoms with van der Waals surface area (Å²) in [4.78, 5) is 1.08. The van der Waals surface area contributed by atoms with Crippen LogP contribution in [-0.4, -0.2) is 0 Å². The van der Waals surface area contributed by atoms with Crippen molar-refractivity contribution < 1.29 is 0 Å². The standard InChI is InChI=1S/C46H70S4/c1-4-7-9-11-13-15-17-19-21-23-25-27-29-31-33-35-38-37-47-43-41(38)49-46-44-42(50-45(43)46)39(40(6-3)48-44)36-34-32-30-28-26-24-22-20-18-16-14-12-10-8-5-2/h4-5,7-36H2,1-2H3. The van der Waals surface area contributed by atoms with Crippen molar-refractivity contribution in [2.45, 2.75) is 219 Å². The van der Waals surface area contributed by atoms with Crippen molar-refractivity contribution in [1.29, 1.82) is 0 Å². The molecule has 0 aliphatic heterocycles. The monoisotopic (exact) mass is 750 g/mol. The predicted molar refractivity (Wildman–Crippen MR) is 233 cm³/mol. The van der Waals surface area contributed by atoms with E-state index in [0.29, 0.717) is 0 Å². The third-order valence-corrected chi connectivity index (χ3v) is 16.2. The van der Waals surface area contributed by atoms with Gasteiger partial charge in [-0.05, 0) is 49.2 Å². The molecule has 4 heteroatoms. The van der Waals surface area contributed by atoms with Crippen molar-refractivity contribution in [1.82, 2.24) is 0 Å². The van der Waals surface area contributed by atoms with Gasteiger partial charge in [0.15, 0.2) is 0 Å². The minimum atomic E-state index is 1.08. The van der Waals surface area contributed by atoms with Crippen LogP contribution < -0.4 is 0 Å². The van der Waals surface area contributed by atoms with Crippen LogP contribution >= 0.6 is 45.3 Å². The molecule has 0 nitrogen and oxygen atoms in total. The fourth-order valence-electron chi connectivity index (χ4n) is 7.74. The Morgan fingerprint density at radius 1 is 0.400 bits per heavy atom. The Balaban J connectivity index is 1.09. The van der Waals surface area contributed by atoms with Gasteiger partial charge in [0.1, 0.15) is 0 Å². The van der Waals surface area contributed by atoms with E-state index in [2.05, 4.69) is 25.1 Å². The summed E-state index contributed by atoms with van der Waals surface area (Å²) in [6.07, 6.45) is 52.7. The van der Waals surface area contributed by atoms with Gasteiger partial charge in [-0.25, -0.2) is 0 Å². The summed E-state index contributed by atoms with van der Waals surface area (Å²) in [6, 6.07) is 0. The topological polar surface area (TPSA) is 0 Å². The largest absolute Gasteiger partial charge is 0.132 e. The van der Waals surface area contributed by atoms with E-state index in [0.717, 1.165) is 11.3 Å². The molecule has 4 heterocycles. The summed E-state index contributed by atoms with van der Waals surface area (Å²) < 4.78 is 8.83. The smallest absolute Gasteiger partial charge is 0.0832 e. The van der Waals surface area contributed by atoms with Crippen LogP contribution in [-0.2, 0) is 12.8 Å². The molecule has 0 aromatic carbocycles. The summed E-state index contributed by atoms with van der Waals surface area (Å²) >= 11 is 7.70. The van der Waals surface area contributed by atoms with Crippen molar-refractivity contribution in [2.24, 2.45) is 0 Å². The maximum Gasteiger partial charge on any atom is 0.0832 e. The normalized spacial score (nSPS) is 11.9. The zero-order chi connectivity index (χ0) is 35.1. The van der Waals surface area contributed by atoms with Crippen LogP contribution in [0.2, 0.25) is 0 Å². The van der Waals surface area contributed by atoms with Crippen molar-refractivity contribution in [2.75, 3.05) is 0 Å². The first-order chi connectivity index (χ1) is 24.8. The van der Waals surface area contributed by atoms with Gasteiger partial charge in [0.2, 0.25) is 0 Å². The highest BCUT2D eigenvalue weighted by molar-refractivity contribution is 7.44. The van der Waals surface area contributed by atoms with E-state index >= 15 is 0 Å². The van der Waals surface area contributed by atoms with E-state index in [1.54, 1.807) is 0 Å². The molecule has 0 atom stereocenters. The molecule has 0 aliphatic carbocycles. The average molecular weight is 751 g/mol. The highest BCUT2D eigenvalue weighted by atomic mass is 32.1. The van der Waals surface area contributed by atoms with Crippen LogP contribution in [0.1, 0.15) is 222 Å². The zero-order valence-electron chi connectivity index (χ0n) is 32.3. The number of hydrogen-bond donors (Lipinski definition) is 0. The second-order valence-electron chi connectivity index (χ2n) is 15.3. The summed E-state index contributed by atoms with van der Waals surface area (Å²) in [6.45, 7) is 4.61. The fourth-order valence-corrected chi connectivity index (χ4v) is 13.4. The van der Waals surface area contributed by atoms with Crippen LogP contribution in [0.4, 0.5) is 0 Å². The molecule has 50 heavy (non-hydrogen) atoms. The van der Waals surface area contributed by atoms with Gasteiger partial charge in [0.25, 0.3) is 0 Å². The van der Waals surface area contributed by atoms with E-state index in [4.69, 9.17) is 6.42 Å². The van der Waals surface area contributed by atoms with Gasteiger partial charge < -0.3 is 0 Å². The third-order valence-electron chi connectivity index (χ3n) is 10.9. The molecular weight excluding hydrogens is 681 g/mol. The highest BCUT2D eigenvalue weighted by Crippen LogP contribution is 2.51. The van der Waals surface area contributed by atoms with Gasteiger partial charge in [0, 0.05) is 5.38 Å². The van der Waals surface area contributed by atoms with E-state index in [-0.39, 0.29) is 0 Å². The molecule has 0 aliphatic rings. The first-order valence-electron chi connectivity index (χ1n) is 21.5. The van der Waals surface area contributed by atoms with Gasteiger partial charge in [-0.1, -0.05) is 194 Å². The second kappa shape index (κ2) is 26.0. The lowest BCUT2D eigenvalue weighted by molar-refractivity contribution is 0.532. The minimum absolute atomic E-state index is 1.08. The summed E-state index contributed by atoms with van der Waals surface area (Å²) in [7, 11) is 0. The lowest BCUT2D eigenvalue weighted by Crippen LogP contribution is -1.87. The first kappa shape index (κ1) is 41.9. The number of aryl methyl sites for hydroxylation is 2. The minimum Gasteiger partial charge on any atom is -0.132 e. The third kappa shape index (κ3) is 14.2. The fraction of sp³-hybridized carbons (Fsp3) is 0.739. The molecule has 0 amide bonds. The van der Waals surface area contributed by atoms with Gasteiger partial charge in [-0.15, -0.1) is 45.3 Å². The summed E-state index contributed by atoms with van der Waals surface area (Å²) in [5.74, 6) is 2.82. The lowest BCUT2D eigenvalue weighted by Gasteiger charge is -2.04. The Morgan fingerprint density at radius 2 is 0.760 bits per heavy atom. The first-order valence-corrected chi connectivity index (χ1v) is 24.8. The number of fused-ring (bicyclic) bond motifs is 5. The van der Waals surface area contributed by atoms with E-state index in [1.807, 2.05) is 45.3 Å². The van der Waals surface area contributed by atoms with Crippen LogP contribution in [0.25, 0.3) is 28.2 Å². The number of thiophene rings is 4. The second-order valence-corrected chi connectivity index (χ2v) is 19.2. The van der Waals surface area contributed by atoms with Crippen LogP contribution in [0.15, 0.2) is 0 Å². The molecule has 0 unspecified atom stereocenters. The molecule has 0 N–H and O–H groups in total. The van der Waals surface area contributed by atoms with Gasteiger partial charge in [0.05, 0.1) is 33.1 Å². The molecule has 278 valence electrons. The number of unbranched alkanes of at least 4 members (excludes halogenated alkanes) is 28. The highest BCUT2D eigenvalue weighted by Gasteiger charge is 2.21. The predicted octanol–water partition coefficient (Wildman–Crippen LogP) is 18.0. The van der Waals surface area contributed by atoms with E-state index in [9.17, 15) is 0 Å². The molecule has 0 saturated heterocycles. The molecule has 4 aromatic rings. The molecule has 4 aromatic heterocycles. The maximum absolute atomic E-state index is 8.04.